The predicted molar refractivity (Wildman–Crippen MR) is 70.4 cm³/mol. The number of nitrogens with one attached hydrogen (secondary N) is 1. The van der Waals surface area contributed by atoms with Crippen LogP contribution in [0.15, 0.2) is 18.5 Å². The van der Waals surface area contributed by atoms with Crippen molar-refractivity contribution in [2.45, 2.75) is 26.3 Å². The van der Waals surface area contributed by atoms with E-state index in [0.29, 0.717) is 5.92 Å². The van der Waals surface area contributed by atoms with Gasteiger partial charge in [-0.25, -0.2) is 0 Å². The minimum absolute atomic E-state index is 0.0913. The van der Waals surface area contributed by atoms with Crippen molar-refractivity contribution >= 4 is 21.8 Å². The van der Waals surface area contributed by atoms with Crippen LogP contribution in [-0.2, 0) is 0 Å². The van der Waals surface area contributed by atoms with Crippen LogP contribution in [0.1, 0.15) is 30.6 Å². The van der Waals surface area contributed by atoms with E-state index >= 15 is 0 Å². The number of alkyl halides is 1. The van der Waals surface area contributed by atoms with Crippen LogP contribution in [0.5, 0.6) is 5.75 Å². The van der Waals surface area contributed by atoms with Crippen molar-refractivity contribution in [3.8, 4) is 5.75 Å². The minimum atomic E-state index is -0.260. The summed E-state index contributed by atoms with van der Waals surface area (Å²) in [4.78, 5) is 15.7. The van der Waals surface area contributed by atoms with Gasteiger partial charge in [-0.3, -0.25) is 9.78 Å². The Morgan fingerprint density at radius 1 is 1.59 bits per heavy atom. The lowest BCUT2D eigenvalue weighted by atomic mass is 10.0. The summed E-state index contributed by atoms with van der Waals surface area (Å²) in [5.41, 5.74) is 0.264. The Bertz CT molecular complexity index is 383. The van der Waals surface area contributed by atoms with Crippen LogP contribution in [-0.4, -0.2) is 27.4 Å². The fraction of sp³-hybridized carbons (Fsp3) is 0.500. The van der Waals surface area contributed by atoms with E-state index in [1.807, 2.05) is 0 Å². The fourth-order valence-corrected chi connectivity index (χ4v) is 2.01. The summed E-state index contributed by atoms with van der Waals surface area (Å²) >= 11 is 3.37. The Labute approximate surface area is 110 Å². The molecule has 0 aliphatic carbocycles. The van der Waals surface area contributed by atoms with Gasteiger partial charge in [0.15, 0.2) is 0 Å². The molecular weight excluding hydrogens is 284 g/mol. The van der Waals surface area contributed by atoms with Crippen LogP contribution in [0.3, 0.4) is 0 Å². The molecule has 1 aromatic rings. The molecule has 1 unspecified atom stereocenters. The van der Waals surface area contributed by atoms with Crippen molar-refractivity contribution in [3.63, 3.8) is 0 Å². The summed E-state index contributed by atoms with van der Waals surface area (Å²) in [6.07, 6.45) is 3.61. The Hall–Kier alpha value is -1.10. The number of aromatic hydroxyl groups is 1. The smallest absolute Gasteiger partial charge is 0.255 e. The average Bonchev–Trinajstić information content (AvgIpc) is 2.28. The molecule has 2 N–H and O–H groups in total. The number of hydrogen-bond acceptors (Lipinski definition) is 3. The molecule has 1 rings (SSSR count). The molecule has 0 aliphatic rings. The summed E-state index contributed by atoms with van der Waals surface area (Å²) in [6.45, 7) is 4.11. The first kappa shape index (κ1) is 14.0. The third-order valence-corrected chi connectivity index (χ3v) is 3.04. The summed E-state index contributed by atoms with van der Waals surface area (Å²) in [5, 5.41) is 13.3. The molecular formula is C12H17BrN2O2. The van der Waals surface area contributed by atoms with Crippen molar-refractivity contribution in [2.24, 2.45) is 5.92 Å². The molecule has 0 saturated carbocycles. The summed E-state index contributed by atoms with van der Waals surface area (Å²) in [6, 6.07) is 1.60. The molecule has 0 aliphatic heterocycles. The molecule has 5 heteroatoms. The van der Waals surface area contributed by atoms with Crippen molar-refractivity contribution in [2.75, 3.05) is 5.33 Å². The standard InChI is InChI=1S/C12H17BrN2O2/c1-8(2)10(3-5-13)15-12(17)9-4-6-14-7-11(9)16/h4,6-8,10,16H,3,5H2,1-2H3,(H,15,17). The SMILES string of the molecule is CC(C)C(CCBr)NC(=O)c1ccncc1O. The minimum Gasteiger partial charge on any atom is -0.505 e. The number of carbonyl (C=O) groups excluding carboxylic acids is 1. The topological polar surface area (TPSA) is 62.2 Å². The molecule has 94 valence electrons. The van der Waals surface area contributed by atoms with E-state index in [9.17, 15) is 9.90 Å². The zero-order valence-corrected chi connectivity index (χ0v) is 11.6. The Morgan fingerprint density at radius 3 is 2.82 bits per heavy atom. The van der Waals surface area contributed by atoms with Crippen LogP contribution >= 0.6 is 15.9 Å². The van der Waals surface area contributed by atoms with E-state index in [0.717, 1.165) is 11.8 Å². The van der Waals surface area contributed by atoms with Gasteiger partial charge >= 0.3 is 0 Å². The van der Waals surface area contributed by atoms with Gasteiger partial charge in [0.1, 0.15) is 5.75 Å². The van der Waals surface area contributed by atoms with Gasteiger partial charge < -0.3 is 10.4 Å². The highest BCUT2D eigenvalue weighted by molar-refractivity contribution is 9.09. The second kappa shape index (κ2) is 6.59. The Kier molecular flexibility index (Phi) is 5.41. The van der Waals surface area contributed by atoms with E-state index in [2.05, 4.69) is 40.1 Å². The quantitative estimate of drug-likeness (QED) is 0.821. The molecule has 0 spiro atoms. The van der Waals surface area contributed by atoms with Gasteiger partial charge in [0.05, 0.1) is 11.8 Å². The Balaban J connectivity index is 2.74. The van der Waals surface area contributed by atoms with Crippen molar-refractivity contribution in [1.29, 1.82) is 0 Å². The normalized spacial score (nSPS) is 12.5. The van der Waals surface area contributed by atoms with E-state index in [-0.39, 0.29) is 23.3 Å². The zero-order chi connectivity index (χ0) is 12.8. The maximum Gasteiger partial charge on any atom is 0.255 e. The highest BCUT2D eigenvalue weighted by atomic mass is 79.9. The lowest BCUT2D eigenvalue weighted by Crippen LogP contribution is -2.38. The first-order valence-electron chi connectivity index (χ1n) is 5.56. The highest BCUT2D eigenvalue weighted by Crippen LogP contribution is 2.15. The molecule has 0 aromatic carbocycles. The van der Waals surface area contributed by atoms with Gasteiger partial charge in [-0.05, 0) is 18.4 Å². The van der Waals surface area contributed by atoms with Crippen LogP contribution in [0.4, 0.5) is 0 Å². The fourth-order valence-electron chi connectivity index (χ4n) is 1.51. The Morgan fingerprint density at radius 2 is 2.29 bits per heavy atom. The monoisotopic (exact) mass is 300 g/mol. The van der Waals surface area contributed by atoms with E-state index in [1.165, 1.54) is 18.5 Å². The predicted octanol–water partition coefficient (Wildman–Crippen LogP) is 2.33. The highest BCUT2D eigenvalue weighted by Gasteiger charge is 2.18. The molecule has 0 saturated heterocycles. The molecule has 1 aromatic heterocycles. The van der Waals surface area contributed by atoms with Crippen molar-refractivity contribution in [3.05, 3.63) is 24.0 Å². The van der Waals surface area contributed by atoms with E-state index in [1.54, 1.807) is 0 Å². The largest absolute Gasteiger partial charge is 0.505 e. The van der Waals surface area contributed by atoms with Crippen LogP contribution < -0.4 is 5.32 Å². The third kappa shape index (κ3) is 4.00. The number of pyridine rings is 1. The van der Waals surface area contributed by atoms with Gasteiger partial charge in [-0.2, -0.15) is 0 Å². The summed E-state index contributed by atoms with van der Waals surface area (Å²) in [5.74, 6) is -0.00335. The number of halogens is 1. The maximum absolute atomic E-state index is 11.9. The summed E-state index contributed by atoms with van der Waals surface area (Å²) < 4.78 is 0. The lowest BCUT2D eigenvalue weighted by molar-refractivity contribution is 0.0922. The number of rotatable bonds is 5. The molecule has 17 heavy (non-hydrogen) atoms. The molecule has 1 atom stereocenters. The number of aromatic nitrogens is 1. The lowest BCUT2D eigenvalue weighted by Gasteiger charge is -2.21. The maximum atomic E-state index is 11.9. The van der Waals surface area contributed by atoms with Crippen molar-refractivity contribution in [1.82, 2.24) is 10.3 Å². The number of hydrogen-bond donors (Lipinski definition) is 2. The first-order valence-corrected chi connectivity index (χ1v) is 6.68. The van der Waals surface area contributed by atoms with Crippen LogP contribution in [0.25, 0.3) is 0 Å². The molecule has 1 heterocycles. The number of nitrogens with zero attached hydrogens (tertiary/aromatic N) is 1. The molecule has 1 amide bonds. The summed E-state index contributed by atoms with van der Waals surface area (Å²) in [7, 11) is 0. The molecule has 4 nitrogen and oxygen atoms in total. The first-order chi connectivity index (χ1) is 8.06. The molecule has 0 bridgehead atoms. The van der Waals surface area contributed by atoms with Gasteiger partial charge in [0, 0.05) is 17.6 Å². The van der Waals surface area contributed by atoms with Gasteiger partial charge in [-0.15, -0.1) is 0 Å². The molecule has 0 fully saturated rings. The molecule has 0 radical (unpaired) electrons. The van der Waals surface area contributed by atoms with E-state index in [4.69, 9.17) is 0 Å². The van der Waals surface area contributed by atoms with Gasteiger partial charge in [0.2, 0.25) is 0 Å². The zero-order valence-electron chi connectivity index (χ0n) is 9.98. The second-order valence-electron chi connectivity index (χ2n) is 4.19. The number of amides is 1. The number of carbonyl (C=O) groups is 1. The van der Waals surface area contributed by atoms with Crippen molar-refractivity contribution < 1.29 is 9.90 Å². The third-order valence-electron chi connectivity index (χ3n) is 2.59. The van der Waals surface area contributed by atoms with Gasteiger partial charge in [0.25, 0.3) is 5.91 Å². The van der Waals surface area contributed by atoms with Crippen LogP contribution in [0, 0.1) is 5.92 Å². The van der Waals surface area contributed by atoms with Gasteiger partial charge in [-0.1, -0.05) is 29.8 Å². The second-order valence-corrected chi connectivity index (χ2v) is 4.99. The van der Waals surface area contributed by atoms with Crippen LogP contribution in [0.2, 0.25) is 0 Å². The average molecular weight is 301 g/mol. The van der Waals surface area contributed by atoms with E-state index < -0.39 is 0 Å².